The van der Waals surface area contributed by atoms with Crippen molar-refractivity contribution in [1.29, 1.82) is 0 Å². The van der Waals surface area contributed by atoms with Gasteiger partial charge in [-0.05, 0) is 73.0 Å². The summed E-state index contributed by atoms with van der Waals surface area (Å²) in [4.78, 5) is 38.9. The van der Waals surface area contributed by atoms with E-state index < -0.39 is 22.9 Å². The molecule has 12 heteroatoms. The third-order valence-electron chi connectivity index (χ3n) is 6.61. The predicted molar refractivity (Wildman–Crippen MR) is 142 cm³/mol. The molecule has 1 aromatic carbocycles. The summed E-state index contributed by atoms with van der Waals surface area (Å²) >= 11 is 0.853. The standard InChI is InChI=1S/C27H25F3N6O2S/c28-27(29,30)20-5-3-18(4-6-20)23-19(2-1-10-32-23)16-31-15-17-8-12-36(13-9-17)25-33-11-7-21(34-25)14-22-24(37)35-26(38)39-22/h1-7,10-11,14,17,31H,8-9,12-13,15-16H2,(H,35,37,38). The minimum atomic E-state index is -4.37. The van der Waals surface area contributed by atoms with E-state index in [0.29, 0.717) is 40.3 Å². The van der Waals surface area contributed by atoms with Crippen molar-refractivity contribution in [3.63, 3.8) is 0 Å². The average molecular weight is 555 g/mol. The van der Waals surface area contributed by atoms with Crippen LogP contribution in [0.4, 0.5) is 23.9 Å². The van der Waals surface area contributed by atoms with Gasteiger partial charge in [0, 0.05) is 37.6 Å². The summed E-state index contributed by atoms with van der Waals surface area (Å²) in [5.74, 6) is 0.612. The van der Waals surface area contributed by atoms with E-state index in [1.54, 1.807) is 24.5 Å². The van der Waals surface area contributed by atoms with Crippen LogP contribution in [0.1, 0.15) is 29.7 Å². The minimum absolute atomic E-state index is 0.310. The Bertz CT molecular complexity index is 1390. The SMILES string of the molecule is O=C1NC(=O)C(=Cc2ccnc(N3CCC(CNCc4cccnc4-c4ccc(C(F)(F)F)cc4)CC3)n2)S1. The Hall–Kier alpha value is -3.77. The van der Waals surface area contributed by atoms with Gasteiger partial charge in [-0.25, -0.2) is 9.97 Å². The van der Waals surface area contributed by atoms with Gasteiger partial charge < -0.3 is 10.2 Å². The highest BCUT2D eigenvalue weighted by atomic mass is 32.2. The van der Waals surface area contributed by atoms with Gasteiger partial charge in [-0.3, -0.25) is 19.9 Å². The summed E-state index contributed by atoms with van der Waals surface area (Å²) in [6, 6.07) is 10.5. The molecular formula is C27H25F3N6O2S. The van der Waals surface area contributed by atoms with Crippen LogP contribution in [0.5, 0.6) is 0 Å². The number of carbonyl (C=O) groups excluding carboxylic acids is 2. The fraction of sp³-hybridized carbons (Fsp3) is 0.296. The molecule has 0 unspecified atom stereocenters. The lowest BCUT2D eigenvalue weighted by molar-refractivity contribution is -0.137. The molecule has 8 nitrogen and oxygen atoms in total. The number of nitrogens with one attached hydrogen (secondary N) is 2. The summed E-state index contributed by atoms with van der Waals surface area (Å²) < 4.78 is 38.8. The van der Waals surface area contributed by atoms with Gasteiger partial charge in [0.25, 0.3) is 11.1 Å². The van der Waals surface area contributed by atoms with E-state index in [2.05, 4.69) is 30.5 Å². The first kappa shape index (κ1) is 26.8. The number of imide groups is 1. The fourth-order valence-corrected chi connectivity index (χ4v) is 5.22. The van der Waals surface area contributed by atoms with Crippen LogP contribution in [0.15, 0.2) is 59.8 Å². The molecule has 0 radical (unpaired) electrons. The molecule has 2 saturated heterocycles. The number of hydrogen-bond acceptors (Lipinski definition) is 8. The molecule has 202 valence electrons. The molecule has 2 aliphatic heterocycles. The number of amides is 2. The third kappa shape index (κ3) is 6.63. The van der Waals surface area contributed by atoms with Crippen molar-refractivity contribution in [2.45, 2.75) is 25.6 Å². The van der Waals surface area contributed by atoms with Crippen LogP contribution >= 0.6 is 11.8 Å². The van der Waals surface area contributed by atoms with Crippen LogP contribution < -0.4 is 15.5 Å². The maximum absolute atomic E-state index is 12.9. The van der Waals surface area contributed by atoms with Gasteiger partial charge in [0.1, 0.15) is 0 Å². The molecule has 39 heavy (non-hydrogen) atoms. The third-order valence-corrected chi connectivity index (χ3v) is 7.42. The number of alkyl halides is 3. The van der Waals surface area contributed by atoms with Gasteiger partial charge in [0.15, 0.2) is 0 Å². The van der Waals surface area contributed by atoms with Crippen molar-refractivity contribution in [2.24, 2.45) is 5.92 Å². The normalized spacial score (nSPS) is 17.6. The molecule has 0 aliphatic carbocycles. The number of carbonyl (C=O) groups is 2. The molecule has 0 spiro atoms. The number of piperidine rings is 1. The van der Waals surface area contributed by atoms with Crippen molar-refractivity contribution >= 4 is 34.9 Å². The number of aromatic nitrogens is 3. The zero-order valence-electron chi connectivity index (χ0n) is 20.7. The number of rotatable bonds is 7. The summed E-state index contributed by atoms with van der Waals surface area (Å²) in [6.07, 6.45) is 2.37. The van der Waals surface area contributed by atoms with E-state index in [0.717, 1.165) is 61.9 Å². The van der Waals surface area contributed by atoms with Gasteiger partial charge in [0.2, 0.25) is 5.95 Å². The van der Waals surface area contributed by atoms with Gasteiger partial charge in [-0.1, -0.05) is 18.2 Å². The van der Waals surface area contributed by atoms with Crippen LogP contribution in [0, 0.1) is 5.92 Å². The number of halogens is 3. The number of anilines is 1. The molecule has 2 fully saturated rings. The highest BCUT2D eigenvalue weighted by molar-refractivity contribution is 8.18. The topological polar surface area (TPSA) is 100 Å². The molecule has 4 heterocycles. The molecule has 2 aliphatic rings. The number of thioether (sulfide) groups is 1. The van der Waals surface area contributed by atoms with Gasteiger partial charge in [0.05, 0.1) is 21.9 Å². The van der Waals surface area contributed by atoms with Crippen LogP contribution in [-0.2, 0) is 17.5 Å². The predicted octanol–water partition coefficient (Wildman–Crippen LogP) is 4.89. The Morgan fingerprint density at radius 2 is 1.82 bits per heavy atom. The molecule has 2 amide bonds. The highest BCUT2D eigenvalue weighted by Crippen LogP contribution is 2.31. The van der Waals surface area contributed by atoms with Crippen molar-refractivity contribution in [2.75, 3.05) is 24.5 Å². The second-order valence-electron chi connectivity index (χ2n) is 9.28. The van der Waals surface area contributed by atoms with Gasteiger partial charge in [-0.15, -0.1) is 0 Å². The van der Waals surface area contributed by atoms with Crippen molar-refractivity contribution in [3.05, 3.63) is 76.6 Å². The maximum Gasteiger partial charge on any atom is 0.416 e. The summed E-state index contributed by atoms with van der Waals surface area (Å²) in [6.45, 7) is 2.91. The van der Waals surface area contributed by atoms with E-state index in [4.69, 9.17) is 0 Å². The number of nitrogens with zero attached hydrogens (tertiary/aromatic N) is 4. The van der Waals surface area contributed by atoms with Crippen molar-refractivity contribution in [3.8, 4) is 11.3 Å². The van der Waals surface area contributed by atoms with E-state index >= 15 is 0 Å². The minimum Gasteiger partial charge on any atom is -0.341 e. The summed E-state index contributed by atoms with van der Waals surface area (Å²) in [7, 11) is 0. The average Bonchev–Trinajstić information content (AvgIpc) is 3.25. The Morgan fingerprint density at radius 1 is 1.05 bits per heavy atom. The zero-order chi connectivity index (χ0) is 27.4. The first-order valence-corrected chi connectivity index (χ1v) is 13.2. The van der Waals surface area contributed by atoms with Crippen molar-refractivity contribution < 1.29 is 22.8 Å². The quantitative estimate of drug-likeness (QED) is 0.399. The first-order chi connectivity index (χ1) is 18.8. The molecule has 2 N–H and O–H groups in total. The molecule has 0 saturated carbocycles. The van der Waals surface area contributed by atoms with E-state index in [9.17, 15) is 22.8 Å². The van der Waals surface area contributed by atoms with Crippen LogP contribution in [-0.4, -0.2) is 45.7 Å². The fourth-order valence-electron chi connectivity index (χ4n) is 4.56. The zero-order valence-corrected chi connectivity index (χ0v) is 21.6. The van der Waals surface area contributed by atoms with Crippen LogP contribution in [0.25, 0.3) is 17.3 Å². The van der Waals surface area contributed by atoms with Gasteiger partial charge >= 0.3 is 6.18 Å². The second kappa shape index (κ2) is 11.5. The summed E-state index contributed by atoms with van der Waals surface area (Å²) in [5.41, 5.74) is 2.11. The molecular weight excluding hydrogens is 529 g/mol. The Kier molecular flexibility index (Phi) is 7.94. The Morgan fingerprint density at radius 3 is 2.51 bits per heavy atom. The highest BCUT2D eigenvalue weighted by Gasteiger charge is 2.30. The molecule has 0 bridgehead atoms. The van der Waals surface area contributed by atoms with Crippen molar-refractivity contribution in [1.82, 2.24) is 25.6 Å². The van der Waals surface area contributed by atoms with E-state index in [1.165, 1.54) is 12.1 Å². The lowest BCUT2D eigenvalue weighted by Gasteiger charge is -2.32. The second-order valence-corrected chi connectivity index (χ2v) is 10.3. The number of benzene rings is 1. The first-order valence-electron chi connectivity index (χ1n) is 12.4. The van der Waals surface area contributed by atoms with Crippen LogP contribution in [0.3, 0.4) is 0 Å². The van der Waals surface area contributed by atoms with Crippen LogP contribution in [0.2, 0.25) is 0 Å². The molecule has 5 rings (SSSR count). The lowest BCUT2D eigenvalue weighted by atomic mass is 9.96. The largest absolute Gasteiger partial charge is 0.416 e. The number of pyridine rings is 1. The monoisotopic (exact) mass is 554 g/mol. The van der Waals surface area contributed by atoms with Gasteiger partial charge in [-0.2, -0.15) is 13.2 Å². The summed E-state index contributed by atoms with van der Waals surface area (Å²) in [5, 5.41) is 5.32. The number of hydrogen-bond donors (Lipinski definition) is 2. The molecule has 0 atom stereocenters. The lowest BCUT2D eigenvalue weighted by Crippen LogP contribution is -2.38. The Balaban J connectivity index is 1.14. The smallest absolute Gasteiger partial charge is 0.341 e. The maximum atomic E-state index is 12.9. The van der Waals surface area contributed by atoms with E-state index in [1.807, 2.05) is 12.1 Å². The molecule has 3 aromatic rings. The molecule has 2 aromatic heterocycles. The van der Waals surface area contributed by atoms with E-state index in [-0.39, 0.29) is 0 Å². The Labute approximate surface area is 227 Å².